The largest absolute Gasteiger partial charge is 0.321 e. The van der Waals surface area contributed by atoms with Crippen molar-refractivity contribution in [3.63, 3.8) is 0 Å². The summed E-state index contributed by atoms with van der Waals surface area (Å²) in [6.07, 6.45) is 1.64. The monoisotopic (exact) mass is 610 g/mol. The van der Waals surface area contributed by atoms with Gasteiger partial charge in [-0.25, -0.2) is 4.98 Å². The van der Waals surface area contributed by atoms with Gasteiger partial charge in [-0.15, -0.1) is 23.1 Å². The molecule has 0 saturated carbocycles. The van der Waals surface area contributed by atoms with E-state index in [4.69, 9.17) is 0 Å². The quantitative estimate of drug-likeness (QED) is 0.114. The van der Waals surface area contributed by atoms with Gasteiger partial charge in [-0.2, -0.15) is 11.3 Å². The van der Waals surface area contributed by atoms with Crippen LogP contribution < -0.4 is 16.0 Å². The van der Waals surface area contributed by atoms with Crippen LogP contribution in [0.2, 0.25) is 0 Å². The molecule has 0 radical (unpaired) electrons. The Morgan fingerprint density at radius 3 is 2.48 bits per heavy atom. The Bertz CT molecular complexity index is 1710. The second-order valence-corrected chi connectivity index (χ2v) is 11.8. The highest BCUT2D eigenvalue weighted by atomic mass is 32.2. The molecule has 0 atom stereocenters. The van der Waals surface area contributed by atoms with Gasteiger partial charge >= 0.3 is 0 Å². The Labute approximate surface area is 255 Å². The van der Waals surface area contributed by atoms with Crippen molar-refractivity contribution in [2.24, 2.45) is 0 Å². The molecular formula is C32H26N4O3S3. The minimum atomic E-state index is -0.460. The Kier molecular flexibility index (Phi) is 9.60. The van der Waals surface area contributed by atoms with Crippen molar-refractivity contribution in [3.8, 4) is 11.3 Å². The first-order valence-corrected chi connectivity index (χ1v) is 15.7. The van der Waals surface area contributed by atoms with E-state index in [0.717, 1.165) is 21.7 Å². The second-order valence-electron chi connectivity index (χ2n) is 9.16. The standard InChI is InChI=1S/C32H26N4O3S3/c1-21-10-12-23(13-11-21)28-19-42-32(35-28)36-29(37)20-41-26-9-5-8-25(17-26)33-31(39)27(16-22-14-15-40-18-22)34-30(38)24-6-3-2-4-7-24/h2-19H,20H2,1H3,(H,33,39)(H,34,38)(H,35,36,37)/b27-16-. The average Bonchev–Trinajstić information content (AvgIpc) is 3.69. The van der Waals surface area contributed by atoms with Crippen LogP contribution in [0.3, 0.4) is 0 Å². The highest BCUT2D eigenvalue weighted by molar-refractivity contribution is 8.00. The van der Waals surface area contributed by atoms with Gasteiger partial charge < -0.3 is 16.0 Å². The molecule has 210 valence electrons. The fourth-order valence-corrected chi connectivity index (χ4v) is 5.93. The highest BCUT2D eigenvalue weighted by Gasteiger charge is 2.16. The third-order valence-electron chi connectivity index (χ3n) is 5.94. The van der Waals surface area contributed by atoms with Crippen LogP contribution in [0.15, 0.2) is 112 Å². The SMILES string of the molecule is Cc1ccc(-c2csc(NC(=O)CSc3cccc(NC(=O)/C(=C/c4ccsc4)NC(=O)c4ccccc4)c3)n2)cc1. The molecule has 0 unspecified atom stereocenters. The average molecular weight is 611 g/mol. The molecule has 0 saturated heterocycles. The zero-order valence-electron chi connectivity index (χ0n) is 22.5. The Morgan fingerprint density at radius 1 is 0.905 bits per heavy atom. The van der Waals surface area contributed by atoms with E-state index in [1.54, 1.807) is 48.5 Å². The van der Waals surface area contributed by atoms with Crippen LogP contribution >= 0.6 is 34.4 Å². The summed E-state index contributed by atoms with van der Waals surface area (Å²) in [5, 5.41) is 14.7. The van der Waals surface area contributed by atoms with E-state index in [9.17, 15) is 14.4 Å². The number of nitrogens with zero attached hydrogens (tertiary/aromatic N) is 1. The van der Waals surface area contributed by atoms with Gasteiger partial charge in [0.05, 0.1) is 11.4 Å². The van der Waals surface area contributed by atoms with Crippen molar-refractivity contribution in [2.75, 3.05) is 16.4 Å². The second kappa shape index (κ2) is 13.9. The zero-order chi connectivity index (χ0) is 29.3. The lowest BCUT2D eigenvalue weighted by Crippen LogP contribution is -2.30. The summed E-state index contributed by atoms with van der Waals surface area (Å²) in [5.74, 6) is -0.844. The minimum absolute atomic E-state index is 0.119. The Morgan fingerprint density at radius 2 is 1.71 bits per heavy atom. The number of benzene rings is 3. The molecular weight excluding hydrogens is 585 g/mol. The number of anilines is 2. The van der Waals surface area contributed by atoms with Crippen LogP contribution in [0.4, 0.5) is 10.8 Å². The van der Waals surface area contributed by atoms with E-state index >= 15 is 0 Å². The summed E-state index contributed by atoms with van der Waals surface area (Å²) in [5.41, 5.74) is 4.90. The Hall–Kier alpha value is -4.51. The molecule has 0 bridgehead atoms. The normalized spacial score (nSPS) is 11.1. The van der Waals surface area contributed by atoms with Gasteiger partial charge in [0.25, 0.3) is 11.8 Å². The van der Waals surface area contributed by atoms with E-state index in [1.807, 2.05) is 65.5 Å². The van der Waals surface area contributed by atoms with Crippen LogP contribution in [-0.4, -0.2) is 28.5 Å². The maximum Gasteiger partial charge on any atom is 0.272 e. The molecule has 3 N–H and O–H groups in total. The molecule has 3 aromatic carbocycles. The summed E-state index contributed by atoms with van der Waals surface area (Å²) < 4.78 is 0. The molecule has 10 heteroatoms. The molecule has 0 fully saturated rings. The number of thiazole rings is 1. The lowest BCUT2D eigenvalue weighted by atomic mass is 10.1. The summed E-state index contributed by atoms with van der Waals surface area (Å²) in [6, 6.07) is 25.9. The topological polar surface area (TPSA) is 100 Å². The molecule has 7 nitrogen and oxygen atoms in total. The van der Waals surface area contributed by atoms with Crippen LogP contribution in [0.1, 0.15) is 21.5 Å². The molecule has 5 rings (SSSR count). The number of rotatable bonds is 10. The number of carbonyl (C=O) groups excluding carboxylic acids is 3. The molecule has 2 aromatic heterocycles. The molecule has 2 heterocycles. The van der Waals surface area contributed by atoms with Gasteiger partial charge in [0.2, 0.25) is 5.91 Å². The predicted molar refractivity (Wildman–Crippen MR) is 173 cm³/mol. The molecule has 0 aliphatic rings. The Balaban J connectivity index is 1.19. The third kappa shape index (κ3) is 8.03. The molecule has 5 aromatic rings. The highest BCUT2D eigenvalue weighted by Crippen LogP contribution is 2.26. The zero-order valence-corrected chi connectivity index (χ0v) is 24.9. The number of hydrogen-bond acceptors (Lipinski definition) is 7. The summed E-state index contributed by atoms with van der Waals surface area (Å²) >= 11 is 4.22. The van der Waals surface area contributed by atoms with Crippen molar-refractivity contribution in [1.29, 1.82) is 0 Å². The predicted octanol–water partition coefficient (Wildman–Crippen LogP) is 7.32. The lowest BCUT2D eigenvalue weighted by Gasteiger charge is -2.12. The van der Waals surface area contributed by atoms with Crippen molar-refractivity contribution < 1.29 is 14.4 Å². The van der Waals surface area contributed by atoms with E-state index < -0.39 is 5.91 Å². The third-order valence-corrected chi connectivity index (χ3v) is 8.40. The maximum atomic E-state index is 13.2. The number of thioether (sulfide) groups is 1. The smallest absolute Gasteiger partial charge is 0.272 e. The first-order chi connectivity index (χ1) is 20.4. The van der Waals surface area contributed by atoms with Crippen LogP contribution in [0.25, 0.3) is 17.3 Å². The molecule has 0 aliphatic heterocycles. The number of carbonyl (C=O) groups is 3. The van der Waals surface area contributed by atoms with Crippen molar-refractivity contribution in [2.45, 2.75) is 11.8 Å². The first-order valence-electron chi connectivity index (χ1n) is 12.9. The van der Waals surface area contributed by atoms with Crippen molar-refractivity contribution >= 4 is 69.1 Å². The molecule has 0 spiro atoms. The van der Waals surface area contributed by atoms with Gasteiger partial charge in [-0.3, -0.25) is 14.4 Å². The number of aromatic nitrogens is 1. The molecule has 3 amide bonds. The molecule has 42 heavy (non-hydrogen) atoms. The maximum absolute atomic E-state index is 13.2. The van der Waals surface area contributed by atoms with Crippen molar-refractivity contribution in [1.82, 2.24) is 10.3 Å². The van der Waals surface area contributed by atoms with Gasteiger partial charge in [0.15, 0.2) is 5.13 Å². The van der Waals surface area contributed by atoms with Gasteiger partial charge in [0.1, 0.15) is 5.70 Å². The lowest BCUT2D eigenvalue weighted by molar-refractivity contribution is -0.114. The van der Waals surface area contributed by atoms with Gasteiger partial charge in [-0.05, 0) is 65.7 Å². The van der Waals surface area contributed by atoms with E-state index in [-0.39, 0.29) is 23.3 Å². The van der Waals surface area contributed by atoms with E-state index in [2.05, 4.69) is 20.9 Å². The van der Waals surface area contributed by atoms with E-state index in [1.165, 1.54) is 40.0 Å². The minimum Gasteiger partial charge on any atom is -0.321 e. The summed E-state index contributed by atoms with van der Waals surface area (Å²) in [4.78, 5) is 44.0. The molecule has 0 aliphatic carbocycles. The van der Waals surface area contributed by atoms with Crippen LogP contribution in [0.5, 0.6) is 0 Å². The number of amides is 3. The van der Waals surface area contributed by atoms with Gasteiger partial charge in [-0.1, -0.05) is 54.1 Å². The number of hydrogen-bond donors (Lipinski definition) is 3. The first kappa shape index (κ1) is 29.0. The van der Waals surface area contributed by atoms with Crippen LogP contribution in [-0.2, 0) is 9.59 Å². The van der Waals surface area contributed by atoms with Crippen molar-refractivity contribution in [3.05, 3.63) is 123 Å². The van der Waals surface area contributed by atoms with Crippen LogP contribution in [0, 0.1) is 6.92 Å². The summed E-state index contributed by atoms with van der Waals surface area (Å²) in [7, 11) is 0. The summed E-state index contributed by atoms with van der Waals surface area (Å²) in [6.45, 7) is 2.03. The number of aryl methyl sites for hydroxylation is 1. The van der Waals surface area contributed by atoms with E-state index in [0.29, 0.717) is 16.4 Å². The fraction of sp³-hybridized carbons (Fsp3) is 0.0625. The fourth-order valence-electron chi connectivity index (χ4n) is 3.82. The van der Waals surface area contributed by atoms with Gasteiger partial charge in [0, 0.05) is 27.1 Å². The number of thiophene rings is 1. The number of nitrogens with one attached hydrogen (secondary N) is 3.